The number of nitrogens with one attached hydrogen (secondary N) is 1. The molecule has 238 valence electrons. The third-order valence-corrected chi connectivity index (χ3v) is 13.6. The third kappa shape index (κ3) is 5.44. The number of anilines is 1. The van der Waals surface area contributed by atoms with Gasteiger partial charge in [-0.25, -0.2) is 9.78 Å². The number of hydrogen-bond donors (Lipinski definition) is 3. The summed E-state index contributed by atoms with van der Waals surface area (Å²) in [5.74, 6) is 0.0637. The van der Waals surface area contributed by atoms with Crippen molar-refractivity contribution in [3.05, 3.63) is 65.1 Å². The van der Waals surface area contributed by atoms with E-state index in [1.54, 1.807) is 11.6 Å². The highest BCUT2D eigenvalue weighted by Gasteiger charge is 2.63. The average molecular weight is 669 g/mol. The first-order valence-electron chi connectivity index (χ1n) is 14.7. The van der Waals surface area contributed by atoms with Crippen LogP contribution in [0.25, 0.3) is 0 Å². The summed E-state index contributed by atoms with van der Waals surface area (Å²) >= 11 is 4.40. The molecule has 3 aliphatic carbocycles. The van der Waals surface area contributed by atoms with E-state index in [4.69, 9.17) is 10.6 Å². The fraction of sp³-hybridized carbons (Fsp3) is 0.484. The maximum atomic E-state index is 13.4. The van der Waals surface area contributed by atoms with Crippen molar-refractivity contribution in [3.8, 4) is 0 Å². The average Bonchev–Trinajstić information content (AvgIpc) is 3.45. The van der Waals surface area contributed by atoms with Gasteiger partial charge in [-0.3, -0.25) is 19.5 Å². The molecule has 2 aliphatic heterocycles. The predicted octanol–water partition coefficient (Wildman–Crippen LogP) is 4.11. The van der Waals surface area contributed by atoms with Crippen molar-refractivity contribution in [3.63, 3.8) is 0 Å². The molecular weight excluding hydrogens is 633 g/mol. The van der Waals surface area contributed by atoms with Crippen molar-refractivity contribution < 1.29 is 24.3 Å². The van der Waals surface area contributed by atoms with Crippen molar-refractivity contribution in [1.29, 1.82) is 0 Å². The first-order valence-corrected chi connectivity index (χ1v) is 17.7. The summed E-state index contributed by atoms with van der Waals surface area (Å²) in [6, 6.07) is 3.20. The van der Waals surface area contributed by atoms with Gasteiger partial charge in [0.1, 0.15) is 29.4 Å². The molecule has 6 atom stereocenters. The van der Waals surface area contributed by atoms with Crippen LogP contribution < -0.4 is 11.1 Å². The number of nitrogen functional groups attached to an aromatic ring is 1. The molecule has 5 aliphatic rings. The van der Waals surface area contributed by atoms with Crippen molar-refractivity contribution >= 4 is 63.5 Å². The number of carbonyl (C=O) groups excluding carboxylic acids is 2. The first-order chi connectivity index (χ1) is 21.5. The first kappa shape index (κ1) is 31.6. The number of aliphatic carboxylic acids is 1. The third-order valence-electron chi connectivity index (χ3n) is 9.88. The molecule has 6 unspecified atom stereocenters. The Morgan fingerprint density at radius 3 is 2.80 bits per heavy atom. The molecule has 0 spiro atoms. The van der Waals surface area contributed by atoms with Crippen molar-refractivity contribution in [2.24, 2.45) is 22.4 Å². The number of amides is 2. The van der Waals surface area contributed by atoms with Crippen LogP contribution in [0.5, 0.6) is 0 Å². The van der Waals surface area contributed by atoms with Gasteiger partial charge in [-0.05, 0) is 54.2 Å². The van der Waals surface area contributed by atoms with Crippen molar-refractivity contribution in [2.45, 2.75) is 55.7 Å². The van der Waals surface area contributed by atoms with Gasteiger partial charge in [0.05, 0.1) is 0 Å². The van der Waals surface area contributed by atoms with Gasteiger partial charge in [0.25, 0.3) is 11.8 Å². The Kier molecular flexibility index (Phi) is 8.50. The van der Waals surface area contributed by atoms with E-state index in [1.165, 1.54) is 34.7 Å². The number of fused-ring (bicyclic) bond motifs is 3. The predicted molar refractivity (Wildman–Crippen MR) is 177 cm³/mol. The number of β-lactam (4-membered cyclic amide) rings is 1. The number of carboxylic acid groups (broad SMARTS) is 1. The number of hydrogen-bond acceptors (Lipinski definition) is 11. The molecule has 2 amide bonds. The quantitative estimate of drug-likeness (QED) is 0.105. The van der Waals surface area contributed by atoms with Gasteiger partial charge in [0.2, 0.25) is 0 Å². The second-order valence-corrected chi connectivity index (χ2v) is 16.0. The summed E-state index contributed by atoms with van der Waals surface area (Å²) in [7, 11) is 0. The molecule has 3 saturated carbocycles. The number of thioether (sulfide) groups is 2. The number of aromatic nitrogens is 2. The van der Waals surface area contributed by atoms with E-state index in [0.717, 1.165) is 23.3 Å². The number of carbonyl (C=O) groups is 3. The molecule has 0 radical (unpaired) electrons. The Labute approximate surface area is 274 Å². The maximum Gasteiger partial charge on any atom is 0.352 e. The molecule has 0 aromatic carbocycles. The number of rotatable bonds is 11. The number of nitrogens with two attached hydrogens (primary N) is 1. The molecule has 14 heteroatoms. The SMILES string of the molecule is C=CCO/N=C(\C(=O)NC1C(=O)N2C(C(=O)O)=C(CSC3(C)C(c4cccnc4)CC4CC3C4(C)C)CSC12)c1csc(N)n1. The smallest absolute Gasteiger partial charge is 0.352 e. The van der Waals surface area contributed by atoms with Crippen LogP contribution in [-0.4, -0.2) is 77.7 Å². The number of pyridine rings is 1. The monoisotopic (exact) mass is 668 g/mol. The number of carboxylic acids is 1. The molecule has 2 bridgehead atoms. The molecule has 11 nitrogen and oxygen atoms in total. The summed E-state index contributed by atoms with van der Waals surface area (Å²) in [6.45, 7) is 10.7. The molecule has 4 fully saturated rings. The molecular formula is C31H36N6O5S3. The largest absolute Gasteiger partial charge is 0.477 e. The lowest BCUT2D eigenvalue weighted by Gasteiger charge is -2.67. The van der Waals surface area contributed by atoms with Crippen molar-refractivity contribution in [1.82, 2.24) is 20.2 Å². The second kappa shape index (κ2) is 12.1. The minimum atomic E-state index is -1.14. The van der Waals surface area contributed by atoms with E-state index in [2.05, 4.69) is 53.9 Å². The molecule has 45 heavy (non-hydrogen) atoms. The topological polar surface area (TPSA) is 160 Å². The fourth-order valence-electron chi connectivity index (χ4n) is 7.40. The summed E-state index contributed by atoms with van der Waals surface area (Å²) in [5.41, 5.74) is 7.99. The molecule has 7 rings (SSSR count). The van der Waals surface area contributed by atoms with Crippen LogP contribution in [-0.2, 0) is 19.2 Å². The second-order valence-electron chi connectivity index (χ2n) is 12.6. The van der Waals surface area contributed by atoms with Gasteiger partial charge in [-0.2, -0.15) is 0 Å². The minimum absolute atomic E-state index is 0.0142. The van der Waals surface area contributed by atoms with Crippen LogP contribution in [0, 0.1) is 17.3 Å². The number of thiazole rings is 1. The lowest BCUT2D eigenvalue weighted by atomic mass is 9.42. The summed E-state index contributed by atoms with van der Waals surface area (Å²) < 4.78 is -0.128. The highest BCUT2D eigenvalue weighted by atomic mass is 32.2. The van der Waals surface area contributed by atoms with Gasteiger partial charge in [0, 0.05) is 39.9 Å². The normalized spacial score (nSPS) is 30.1. The van der Waals surface area contributed by atoms with Crippen LogP contribution in [0.1, 0.15) is 50.8 Å². The Morgan fingerprint density at radius 1 is 1.36 bits per heavy atom. The molecule has 4 heterocycles. The highest BCUT2D eigenvalue weighted by Crippen LogP contribution is 2.70. The molecule has 4 N–H and O–H groups in total. The Morgan fingerprint density at radius 2 is 2.16 bits per heavy atom. The fourth-order valence-corrected chi connectivity index (χ4v) is 11.2. The van der Waals surface area contributed by atoms with E-state index in [1.807, 2.05) is 24.0 Å². The summed E-state index contributed by atoms with van der Waals surface area (Å²) in [4.78, 5) is 54.3. The molecule has 2 aromatic heterocycles. The van der Waals surface area contributed by atoms with Crippen LogP contribution in [0.3, 0.4) is 0 Å². The highest BCUT2D eigenvalue weighted by molar-refractivity contribution is 8.01. The van der Waals surface area contributed by atoms with E-state index in [0.29, 0.717) is 29.3 Å². The van der Waals surface area contributed by atoms with Crippen LogP contribution in [0.15, 0.2) is 59.0 Å². The van der Waals surface area contributed by atoms with Gasteiger partial charge in [-0.15, -0.1) is 34.9 Å². The van der Waals surface area contributed by atoms with Crippen LogP contribution in [0.4, 0.5) is 5.13 Å². The van der Waals surface area contributed by atoms with Crippen LogP contribution >= 0.6 is 34.9 Å². The Balaban J connectivity index is 1.20. The lowest BCUT2D eigenvalue weighted by Crippen LogP contribution is -2.71. The zero-order valence-electron chi connectivity index (χ0n) is 25.3. The lowest BCUT2D eigenvalue weighted by molar-refractivity contribution is -0.150. The summed E-state index contributed by atoms with van der Waals surface area (Å²) in [6.07, 6.45) is 7.47. The minimum Gasteiger partial charge on any atom is -0.477 e. The Bertz CT molecular complexity index is 1590. The van der Waals surface area contributed by atoms with Gasteiger partial charge < -0.3 is 21.0 Å². The molecule has 1 saturated heterocycles. The number of oxime groups is 1. The van der Waals surface area contributed by atoms with E-state index >= 15 is 0 Å². The standard InChI is InChI=1S/C31H36N6O5S3/c1-5-9-42-36-22(20-15-44-29(32)34-20)25(38)35-23-26(39)37-24(28(40)41)17(13-43-27(23)37)14-45-31(4)19(16-7-6-8-33-12-16)10-18-11-21(31)30(18,2)3/h5-8,12,15,18-19,21,23,27H,1,9-11,13-14H2,2-4H3,(H2,32,34)(H,35,38)(H,40,41)/b36-22-. The molecule has 2 aromatic rings. The van der Waals surface area contributed by atoms with Crippen LogP contribution in [0.2, 0.25) is 0 Å². The zero-order chi connectivity index (χ0) is 32.1. The summed E-state index contributed by atoms with van der Waals surface area (Å²) in [5, 5.41) is 18.2. The zero-order valence-corrected chi connectivity index (χ0v) is 27.7. The van der Waals surface area contributed by atoms with E-state index < -0.39 is 29.2 Å². The van der Waals surface area contributed by atoms with Crippen molar-refractivity contribution in [2.75, 3.05) is 23.8 Å². The maximum absolute atomic E-state index is 13.4. The van der Waals surface area contributed by atoms with E-state index in [9.17, 15) is 19.5 Å². The van der Waals surface area contributed by atoms with Gasteiger partial charge in [-0.1, -0.05) is 37.7 Å². The number of nitrogens with zero attached hydrogens (tertiary/aromatic N) is 4. The Hall–Kier alpha value is -3.36. The van der Waals surface area contributed by atoms with E-state index in [-0.39, 0.29) is 39.0 Å². The van der Waals surface area contributed by atoms with Gasteiger partial charge in [0.15, 0.2) is 10.8 Å². The van der Waals surface area contributed by atoms with Gasteiger partial charge >= 0.3 is 5.97 Å².